The zero-order valence-corrected chi connectivity index (χ0v) is 18.8. The van der Waals surface area contributed by atoms with Crippen LogP contribution in [-0.4, -0.2) is 17.9 Å². The average Bonchev–Trinajstić information content (AvgIpc) is 2.83. The highest BCUT2D eigenvalue weighted by atomic mass is 16.6. The first-order valence-electron chi connectivity index (χ1n) is 10.4. The Morgan fingerprint density at radius 3 is 1.64 bits per heavy atom. The van der Waals surface area contributed by atoms with Gasteiger partial charge in [-0.25, -0.2) is 14.4 Å². The number of carbonyl (C=O) groups is 3. The first kappa shape index (κ1) is 25.1. The Balaban J connectivity index is 2.53. The highest BCUT2D eigenvalue weighted by molar-refractivity contribution is 5.92. The molecule has 0 saturated carbocycles. The number of esters is 3. The molecule has 0 saturated heterocycles. The molecule has 0 radical (unpaired) electrons. The molecule has 6 nitrogen and oxygen atoms in total. The van der Waals surface area contributed by atoms with Crippen LogP contribution in [0.4, 0.5) is 0 Å². The summed E-state index contributed by atoms with van der Waals surface area (Å²) < 4.78 is 15.7. The van der Waals surface area contributed by atoms with Crippen LogP contribution in [0.3, 0.4) is 0 Å². The van der Waals surface area contributed by atoms with Crippen molar-refractivity contribution < 1.29 is 28.6 Å². The van der Waals surface area contributed by atoms with Crippen molar-refractivity contribution in [1.29, 1.82) is 0 Å². The van der Waals surface area contributed by atoms with Crippen LogP contribution < -0.4 is 14.2 Å². The molecule has 0 aliphatic carbocycles. The van der Waals surface area contributed by atoms with Gasteiger partial charge < -0.3 is 14.2 Å². The molecule has 0 unspecified atom stereocenters. The maximum atomic E-state index is 11.8. The number of benzene rings is 2. The van der Waals surface area contributed by atoms with Crippen molar-refractivity contribution in [3.63, 3.8) is 0 Å². The van der Waals surface area contributed by atoms with Gasteiger partial charge >= 0.3 is 17.9 Å². The second-order valence-electron chi connectivity index (χ2n) is 6.73. The van der Waals surface area contributed by atoms with E-state index in [2.05, 4.69) is 19.7 Å². The van der Waals surface area contributed by atoms with Gasteiger partial charge in [0.05, 0.1) is 0 Å². The van der Waals surface area contributed by atoms with E-state index >= 15 is 0 Å². The van der Waals surface area contributed by atoms with Crippen LogP contribution in [0, 0.1) is 0 Å². The summed E-state index contributed by atoms with van der Waals surface area (Å²) in [6.07, 6.45) is 4.57. The van der Waals surface area contributed by atoms with Gasteiger partial charge in [0, 0.05) is 18.2 Å². The summed E-state index contributed by atoms with van der Waals surface area (Å²) in [5.41, 5.74) is 3.85. The first-order chi connectivity index (χ1) is 15.9. The number of carbonyl (C=O) groups excluding carboxylic acids is 3. The lowest BCUT2D eigenvalue weighted by atomic mass is 9.91. The molecule has 0 N–H and O–H groups in total. The third-order valence-corrected chi connectivity index (χ3v) is 4.71. The van der Waals surface area contributed by atoms with Crippen LogP contribution in [-0.2, 0) is 14.4 Å². The summed E-state index contributed by atoms with van der Waals surface area (Å²) in [4.78, 5) is 34.9. The summed E-state index contributed by atoms with van der Waals surface area (Å²) in [5, 5.41) is 0. The van der Waals surface area contributed by atoms with E-state index in [1.165, 1.54) is 0 Å². The maximum Gasteiger partial charge on any atom is 0.335 e. The Kier molecular flexibility index (Phi) is 9.12. The van der Waals surface area contributed by atoms with Crippen molar-refractivity contribution in [3.05, 3.63) is 91.6 Å². The highest BCUT2D eigenvalue weighted by Gasteiger charge is 2.16. The van der Waals surface area contributed by atoms with Crippen molar-refractivity contribution in [2.75, 3.05) is 0 Å². The predicted molar refractivity (Wildman–Crippen MR) is 128 cm³/mol. The van der Waals surface area contributed by atoms with Crippen LogP contribution in [0.1, 0.15) is 37.8 Å². The Labute approximate surface area is 193 Å². The summed E-state index contributed by atoms with van der Waals surface area (Å²) in [7, 11) is 0. The molecule has 0 amide bonds. The molecule has 0 bridgehead atoms. The van der Waals surface area contributed by atoms with Crippen molar-refractivity contribution in [2.45, 2.75) is 26.7 Å². The average molecular weight is 446 g/mol. The fourth-order valence-electron chi connectivity index (χ4n) is 3.23. The van der Waals surface area contributed by atoms with Crippen LogP contribution in [0.15, 0.2) is 80.4 Å². The van der Waals surface area contributed by atoms with Gasteiger partial charge in [0.25, 0.3) is 0 Å². The zero-order chi connectivity index (χ0) is 24.4. The molecule has 6 heteroatoms. The number of ether oxygens (including phenoxy) is 3. The standard InChI is InChI=1S/C27H26O6/c1-6-21(18-11-14-20(15-12-18)31-25(28)8-3)22(7-2)19-13-16-23(32-26(29)9-4)24(17-19)33-27(30)10-5/h8-17H,3-7H2,1-2H3/b22-21+. The minimum absolute atomic E-state index is 0.0979. The van der Waals surface area contributed by atoms with E-state index in [4.69, 9.17) is 14.2 Å². The van der Waals surface area contributed by atoms with E-state index in [-0.39, 0.29) is 11.5 Å². The molecule has 33 heavy (non-hydrogen) atoms. The summed E-state index contributed by atoms with van der Waals surface area (Å²) in [6.45, 7) is 14.2. The van der Waals surface area contributed by atoms with Gasteiger partial charge in [-0.3, -0.25) is 0 Å². The highest BCUT2D eigenvalue weighted by Crippen LogP contribution is 2.37. The van der Waals surface area contributed by atoms with Gasteiger partial charge in [0.1, 0.15) is 5.75 Å². The molecular weight excluding hydrogens is 420 g/mol. The SMILES string of the molecule is C=CC(=O)Oc1ccc(/C(CC)=C(\CC)c2ccc(OC(=O)C=C)c(OC(=O)C=C)c2)cc1. The van der Waals surface area contributed by atoms with Crippen molar-refractivity contribution in [3.8, 4) is 17.2 Å². The van der Waals surface area contributed by atoms with Crippen LogP contribution in [0.25, 0.3) is 11.1 Å². The van der Waals surface area contributed by atoms with Gasteiger partial charge in [-0.15, -0.1) is 0 Å². The van der Waals surface area contributed by atoms with E-state index in [1.54, 1.807) is 30.3 Å². The number of hydrogen-bond donors (Lipinski definition) is 0. The molecule has 0 heterocycles. The molecule has 170 valence electrons. The molecular formula is C27H26O6. The zero-order valence-electron chi connectivity index (χ0n) is 18.8. The number of rotatable bonds is 10. The molecule has 0 aliphatic heterocycles. The van der Waals surface area contributed by atoms with Crippen molar-refractivity contribution in [1.82, 2.24) is 0 Å². The van der Waals surface area contributed by atoms with E-state index in [0.717, 1.165) is 46.9 Å². The minimum atomic E-state index is -0.676. The first-order valence-corrected chi connectivity index (χ1v) is 10.4. The number of allylic oxidation sites excluding steroid dienone is 2. The minimum Gasteiger partial charge on any atom is -0.423 e. The van der Waals surface area contributed by atoms with Crippen molar-refractivity contribution in [2.24, 2.45) is 0 Å². The molecule has 0 spiro atoms. The molecule has 2 rings (SSSR count). The van der Waals surface area contributed by atoms with E-state index in [1.807, 2.05) is 26.0 Å². The van der Waals surface area contributed by atoms with Gasteiger partial charge in [0.2, 0.25) is 0 Å². The van der Waals surface area contributed by atoms with Gasteiger partial charge in [-0.05, 0) is 59.4 Å². The summed E-state index contributed by atoms with van der Waals surface area (Å²) in [6, 6.07) is 12.2. The Hall–Kier alpha value is -4.19. The molecule has 0 aromatic heterocycles. The molecule has 0 fully saturated rings. The lowest BCUT2D eigenvalue weighted by Crippen LogP contribution is -2.09. The maximum absolute atomic E-state index is 11.8. The lowest BCUT2D eigenvalue weighted by molar-refractivity contribution is -0.131. The molecule has 0 atom stereocenters. The topological polar surface area (TPSA) is 78.9 Å². The fourth-order valence-corrected chi connectivity index (χ4v) is 3.23. The summed E-state index contributed by atoms with van der Waals surface area (Å²) >= 11 is 0. The van der Waals surface area contributed by atoms with Gasteiger partial charge in [-0.2, -0.15) is 0 Å². The van der Waals surface area contributed by atoms with Crippen LogP contribution in [0.2, 0.25) is 0 Å². The lowest BCUT2D eigenvalue weighted by Gasteiger charge is -2.16. The molecule has 2 aromatic rings. The number of hydrogen-bond acceptors (Lipinski definition) is 6. The predicted octanol–water partition coefficient (Wildman–Crippen LogP) is 5.69. The second-order valence-corrected chi connectivity index (χ2v) is 6.73. The largest absolute Gasteiger partial charge is 0.423 e. The smallest absolute Gasteiger partial charge is 0.335 e. The van der Waals surface area contributed by atoms with Gasteiger partial charge in [-0.1, -0.05) is 51.8 Å². The van der Waals surface area contributed by atoms with Crippen molar-refractivity contribution >= 4 is 29.1 Å². The van der Waals surface area contributed by atoms with Crippen LogP contribution >= 0.6 is 0 Å². The monoisotopic (exact) mass is 446 g/mol. The third kappa shape index (κ3) is 6.64. The van der Waals surface area contributed by atoms with Gasteiger partial charge in [0.15, 0.2) is 11.5 Å². The quantitative estimate of drug-likeness (QED) is 0.202. The second kappa shape index (κ2) is 12.0. The van der Waals surface area contributed by atoms with E-state index in [0.29, 0.717) is 12.2 Å². The normalized spacial score (nSPS) is 11.0. The molecule has 2 aromatic carbocycles. The van der Waals surface area contributed by atoms with E-state index < -0.39 is 17.9 Å². The third-order valence-electron chi connectivity index (χ3n) is 4.71. The molecule has 0 aliphatic rings. The van der Waals surface area contributed by atoms with Crippen LogP contribution in [0.5, 0.6) is 17.2 Å². The Morgan fingerprint density at radius 1 is 0.667 bits per heavy atom. The van der Waals surface area contributed by atoms with E-state index in [9.17, 15) is 14.4 Å². The Bertz CT molecular complexity index is 1110. The fraction of sp³-hybridized carbons (Fsp3) is 0.148. The summed E-state index contributed by atoms with van der Waals surface area (Å²) in [5.74, 6) is -1.26. The Morgan fingerprint density at radius 2 is 1.12 bits per heavy atom.